The molecule has 2 aromatic rings. The van der Waals surface area contributed by atoms with Crippen LogP contribution in [0.2, 0.25) is 0 Å². The quantitative estimate of drug-likeness (QED) is 0.475. The molecule has 0 fully saturated rings. The van der Waals surface area contributed by atoms with Gasteiger partial charge in [-0.15, -0.1) is 0 Å². The van der Waals surface area contributed by atoms with Crippen LogP contribution in [-0.2, 0) is 22.4 Å². The molecule has 0 saturated carbocycles. The summed E-state index contributed by atoms with van der Waals surface area (Å²) in [4.78, 5) is 36.7. The molecule has 1 aliphatic rings. The summed E-state index contributed by atoms with van der Waals surface area (Å²) in [6, 6.07) is 4.18. The van der Waals surface area contributed by atoms with Crippen molar-refractivity contribution in [2.45, 2.75) is 71.4 Å². The summed E-state index contributed by atoms with van der Waals surface area (Å²) >= 11 is 0. The fraction of sp³-hybridized carbons (Fsp3) is 0.500. The Morgan fingerprint density at radius 2 is 1.86 bits per heavy atom. The summed E-state index contributed by atoms with van der Waals surface area (Å²) in [5.74, 6) is -0.358. The molecule has 1 unspecified atom stereocenters. The van der Waals surface area contributed by atoms with Crippen LogP contribution in [-0.4, -0.2) is 23.7 Å². The molecular weight excluding hydrogens is 374 g/mol. The third kappa shape index (κ3) is 4.96. The van der Waals surface area contributed by atoms with Crippen LogP contribution in [0.25, 0.3) is 11.0 Å². The number of hydrogen-bond donors (Lipinski definition) is 1. The van der Waals surface area contributed by atoms with E-state index in [0.29, 0.717) is 12.0 Å². The van der Waals surface area contributed by atoms with Crippen molar-refractivity contribution in [1.29, 1.82) is 0 Å². The molecule has 1 atom stereocenters. The number of alkyl carbamates (subject to hydrolysis) is 1. The lowest BCUT2D eigenvalue weighted by Crippen LogP contribution is -2.44. The number of amides is 1. The smallest absolute Gasteiger partial charge is 0.408 e. The topological polar surface area (TPSA) is 94.8 Å². The van der Waals surface area contributed by atoms with Crippen LogP contribution < -0.4 is 15.7 Å². The molecular formula is C22H27NO6. The standard InChI is InChI=1S/C22H27NO6/c1-5-17(23-21(26)29-22(2,3)4)20(25)27-13-10-11-15-14-8-6-7-9-16(14)19(24)28-18(15)12-13/h10-12,17H,5-9H2,1-4H3,(H,23,26). The summed E-state index contributed by atoms with van der Waals surface area (Å²) in [7, 11) is 0. The van der Waals surface area contributed by atoms with Gasteiger partial charge in [0.15, 0.2) is 0 Å². The average molecular weight is 401 g/mol. The first-order valence-corrected chi connectivity index (χ1v) is 9.97. The summed E-state index contributed by atoms with van der Waals surface area (Å²) in [6.07, 6.45) is 3.26. The van der Waals surface area contributed by atoms with Gasteiger partial charge in [-0.25, -0.2) is 14.4 Å². The Labute approximate surface area is 169 Å². The monoisotopic (exact) mass is 401 g/mol. The fourth-order valence-corrected chi connectivity index (χ4v) is 3.45. The maximum Gasteiger partial charge on any atom is 0.408 e. The second-order valence-electron chi connectivity index (χ2n) is 8.24. The van der Waals surface area contributed by atoms with Crippen LogP contribution in [0.3, 0.4) is 0 Å². The Balaban J connectivity index is 1.77. The van der Waals surface area contributed by atoms with Gasteiger partial charge in [-0.1, -0.05) is 6.92 Å². The molecule has 156 valence electrons. The van der Waals surface area contributed by atoms with Crippen molar-refractivity contribution in [3.63, 3.8) is 0 Å². The van der Waals surface area contributed by atoms with Crippen LogP contribution in [0.15, 0.2) is 27.4 Å². The van der Waals surface area contributed by atoms with Gasteiger partial charge in [0.2, 0.25) is 0 Å². The largest absolute Gasteiger partial charge is 0.444 e. The third-order valence-electron chi connectivity index (χ3n) is 4.80. The number of carbonyl (C=O) groups is 2. The summed E-state index contributed by atoms with van der Waals surface area (Å²) < 4.78 is 16.1. The van der Waals surface area contributed by atoms with E-state index >= 15 is 0 Å². The van der Waals surface area contributed by atoms with E-state index < -0.39 is 23.7 Å². The van der Waals surface area contributed by atoms with Crippen molar-refractivity contribution < 1.29 is 23.5 Å². The van der Waals surface area contributed by atoms with Crippen molar-refractivity contribution in [2.75, 3.05) is 0 Å². The minimum absolute atomic E-state index is 0.255. The molecule has 0 bridgehead atoms. The lowest BCUT2D eigenvalue weighted by atomic mass is 9.91. The van der Waals surface area contributed by atoms with Crippen LogP contribution in [0.4, 0.5) is 4.79 Å². The number of aryl methyl sites for hydroxylation is 1. The highest BCUT2D eigenvalue weighted by molar-refractivity contribution is 5.86. The minimum Gasteiger partial charge on any atom is -0.444 e. The number of ether oxygens (including phenoxy) is 2. The van der Waals surface area contributed by atoms with Gasteiger partial charge in [-0.05, 0) is 70.6 Å². The first-order valence-electron chi connectivity index (χ1n) is 9.97. The van der Waals surface area contributed by atoms with Gasteiger partial charge in [0, 0.05) is 17.0 Å². The van der Waals surface area contributed by atoms with Crippen molar-refractivity contribution in [3.8, 4) is 5.75 Å². The molecule has 0 aliphatic heterocycles. The van der Waals surface area contributed by atoms with Crippen LogP contribution in [0, 0.1) is 0 Å². The summed E-state index contributed by atoms with van der Waals surface area (Å²) in [5.41, 5.74) is 1.18. The predicted molar refractivity (Wildman–Crippen MR) is 108 cm³/mol. The molecule has 7 heteroatoms. The highest BCUT2D eigenvalue weighted by atomic mass is 16.6. The van der Waals surface area contributed by atoms with Crippen LogP contribution in [0.1, 0.15) is 58.1 Å². The Bertz CT molecular complexity index is 985. The minimum atomic E-state index is -0.851. The third-order valence-corrected chi connectivity index (χ3v) is 4.80. The first-order chi connectivity index (χ1) is 13.7. The maximum atomic E-state index is 12.5. The zero-order chi connectivity index (χ0) is 21.2. The van der Waals surface area contributed by atoms with Gasteiger partial charge in [-0.3, -0.25) is 0 Å². The van der Waals surface area contributed by atoms with E-state index in [9.17, 15) is 14.4 Å². The first kappa shape index (κ1) is 20.9. The molecule has 0 radical (unpaired) electrons. The zero-order valence-electron chi connectivity index (χ0n) is 17.3. The van der Waals surface area contributed by atoms with Crippen molar-refractivity contribution >= 4 is 23.0 Å². The molecule has 0 saturated heterocycles. The summed E-state index contributed by atoms with van der Waals surface area (Å²) in [5, 5.41) is 3.39. The lowest BCUT2D eigenvalue weighted by molar-refractivity contribution is -0.136. The number of hydrogen-bond acceptors (Lipinski definition) is 6. The number of rotatable bonds is 4. The number of esters is 1. The zero-order valence-corrected chi connectivity index (χ0v) is 17.3. The number of benzene rings is 1. The molecule has 1 amide bonds. The molecule has 0 spiro atoms. The van der Waals surface area contributed by atoms with Crippen molar-refractivity contribution in [3.05, 3.63) is 39.7 Å². The van der Waals surface area contributed by atoms with Crippen LogP contribution >= 0.6 is 0 Å². The molecule has 1 heterocycles. The second-order valence-corrected chi connectivity index (χ2v) is 8.24. The Kier molecular flexibility index (Phi) is 5.96. The number of carbonyl (C=O) groups excluding carboxylic acids is 2. The lowest BCUT2D eigenvalue weighted by Gasteiger charge is -2.22. The van der Waals surface area contributed by atoms with E-state index in [2.05, 4.69) is 5.32 Å². The predicted octanol–water partition coefficient (Wildman–Crippen LogP) is 3.88. The molecule has 1 N–H and O–H groups in total. The number of nitrogens with one attached hydrogen (secondary N) is 1. The highest BCUT2D eigenvalue weighted by Crippen LogP contribution is 2.29. The van der Waals surface area contributed by atoms with E-state index in [4.69, 9.17) is 13.9 Å². The Morgan fingerprint density at radius 3 is 2.52 bits per heavy atom. The van der Waals surface area contributed by atoms with Gasteiger partial charge < -0.3 is 19.2 Å². The molecule has 1 aromatic heterocycles. The van der Waals surface area contributed by atoms with E-state index in [-0.39, 0.29) is 11.4 Å². The normalized spacial score (nSPS) is 14.8. The molecule has 3 rings (SSSR count). The van der Waals surface area contributed by atoms with E-state index in [1.807, 2.05) is 6.07 Å². The Morgan fingerprint density at radius 1 is 1.17 bits per heavy atom. The number of fused-ring (bicyclic) bond motifs is 3. The van der Waals surface area contributed by atoms with Gasteiger partial charge in [-0.2, -0.15) is 0 Å². The average Bonchev–Trinajstić information content (AvgIpc) is 2.64. The maximum absolute atomic E-state index is 12.5. The molecule has 29 heavy (non-hydrogen) atoms. The van der Waals surface area contributed by atoms with Gasteiger partial charge >= 0.3 is 17.7 Å². The Hall–Kier alpha value is -2.83. The second kappa shape index (κ2) is 8.27. The van der Waals surface area contributed by atoms with E-state index in [0.717, 1.165) is 42.2 Å². The molecule has 1 aliphatic carbocycles. The molecule has 1 aromatic carbocycles. The SMILES string of the molecule is CCC(NC(=O)OC(C)(C)C)C(=O)Oc1ccc2c3c(c(=O)oc2c1)CCCC3. The van der Waals surface area contributed by atoms with Crippen molar-refractivity contribution in [1.82, 2.24) is 5.32 Å². The van der Waals surface area contributed by atoms with Crippen LogP contribution in [0.5, 0.6) is 5.75 Å². The fourth-order valence-electron chi connectivity index (χ4n) is 3.45. The van der Waals surface area contributed by atoms with Crippen molar-refractivity contribution in [2.24, 2.45) is 0 Å². The molecule has 7 nitrogen and oxygen atoms in total. The van der Waals surface area contributed by atoms with E-state index in [1.54, 1.807) is 39.8 Å². The van der Waals surface area contributed by atoms with Gasteiger partial charge in [0.25, 0.3) is 0 Å². The summed E-state index contributed by atoms with van der Waals surface area (Å²) in [6.45, 7) is 6.99. The van der Waals surface area contributed by atoms with Gasteiger partial charge in [0.05, 0.1) is 0 Å². The highest BCUT2D eigenvalue weighted by Gasteiger charge is 2.25. The van der Waals surface area contributed by atoms with Gasteiger partial charge in [0.1, 0.15) is 23.0 Å². The van der Waals surface area contributed by atoms with E-state index in [1.165, 1.54) is 0 Å².